The molecule has 1 aromatic rings. The smallest absolute Gasteiger partial charge is 0.255 e. The van der Waals surface area contributed by atoms with Crippen molar-refractivity contribution in [2.75, 3.05) is 39.4 Å². The van der Waals surface area contributed by atoms with Crippen molar-refractivity contribution in [3.63, 3.8) is 0 Å². The minimum absolute atomic E-state index is 0.0703. The van der Waals surface area contributed by atoms with Crippen molar-refractivity contribution < 1.29 is 14.6 Å². The van der Waals surface area contributed by atoms with E-state index in [1.165, 1.54) is 12.1 Å². The Bertz CT molecular complexity index is 505. The van der Waals surface area contributed by atoms with Crippen molar-refractivity contribution in [1.82, 2.24) is 10.2 Å². The minimum atomic E-state index is -0.376. The third-order valence-corrected chi connectivity index (χ3v) is 3.82. The highest BCUT2D eigenvalue weighted by Gasteiger charge is 2.15. The summed E-state index contributed by atoms with van der Waals surface area (Å²) in [6.45, 7) is 4.82. The predicted octanol–water partition coefficient (Wildman–Crippen LogP) is 2.15. The molecule has 1 fully saturated rings. The van der Waals surface area contributed by atoms with Gasteiger partial charge in [0.15, 0.2) is 0 Å². The van der Waals surface area contributed by atoms with E-state index in [2.05, 4.69) is 10.2 Å². The lowest BCUT2D eigenvalue weighted by molar-refractivity contribution is 0.0374. The van der Waals surface area contributed by atoms with Gasteiger partial charge in [-0.25, -0.2) is 0 Å². The summed E-state index contributed by atoms with van der Waals surface area (Å²) in [7, 11) is 0. The molecule has 0 saturated carbocycles. The van der Waals surface area contributed by atoms with Gasteiger partial charge in [0.1, 0.15) is 5.75 Å². The van der Waals surface area contributed by atoms with Crippen LogP contribution in [0.3, 0.4) is 0 Å². The zero-order valence-electron chi connectivity index (χ0n) is 11.6. The number of rotatable bonds is 5. The van der Waals surface area contributed by atoms with E-state index in [0.717, 1.165) is 39.3 Å². The number of benzene rings is 1. The second-order valence-electron chi connectivity index (χ2n) is 4.85. The summed E-state index contributed by atoms with van der Waals surface area (Å²) in [6.07, 6.45) is 0.834. The molecule has 1 heterocycles. The Morgan fingerprint density at radius 2 is 2.05 bits per heavy atom. The molecule has 1 saturated heterocycles. The van der Waals surface area contributed by atoms with Crippen LogP contribution in [0.4, 0.5) is 0 Å². The maximum atomic E-state index is 12.0. The van der Waals surface area contributed by atoms with Crippen LogP contribution in [0.25, 0.3) is 0 Å². The van der Waals surface area contributed by atoms with Crippen molar-refractivity contribution in [3.8, 4) is 5.75 Å². The molecule has 5 nitrogen and oxygen atoms in total. The summed E-state index contributed by atoms with van der Waals surface area (Å²) in [4.78, 5) is 14.3. The van der Waals surface area contributed by atoms with E-state index in [-0.39, 0.29) is 22.2 Å². The average molecular weight is 333 g/mol. The van der Waals surface area contributed by atoms with Crippen LogP contribution in [-0.2, 0) is 4.74 Å². The van der Waals surface area contributed by atoms with Gasteiger partial charge in [-0.1, -0.05) is 23.2 Å². The second-order valence-corrected chi connectivity index (χ2v) is 5.69. The van der Waals surface area contributed by atoms with Crippen molar-refractivity contribution in [2.24, 2.45) is 0 Å². The number of aromatic hydroxyl groups is 1. The van der Waals surface area contributed by atoms with E-state index in [9.17, 15) is 9.90 Å². The lowest BCUT2D eigenvalue weighted by Gasteiger charge is -2.26. The molecule has 1 amide bonds. The van der Waals surface area contributed by atoms with Gasteiger partial charge in [-0.3, -0.25) is 9.69 Å². The van der Waals surface area contributed by atoms with Crippen molar-refractivity contribution in [1.29, 1.82) is 0 Å². The molecular weight excluding hydrogens is 315 g/mol. The van der Waals surface area contributed by atoms with Gasteiger partial charge in [-0.05, 0) is 25.1 Å². The molecule has 2 N–H and O–H groups in total. The van der Waals surface area contributed by atoms with Crippen molar-refractivity contribution in [2.45, 2.75) is 6.42 Å². The number of hydrogen-bond donors (Lipinski definition) is 2. The molecule has 0 atom stereocenters. The van der Waals surface area contributed by atoms with E-state index < -0.39 is 0 Å². The number of carbonyl (C=O) groups is 1. The standard InChI is InChI=1S/C14H18Cl2N2O3/c15-10-8-11(13(19)12(16)9-10)14(20)17-2-1-3-18-4-6-21-7-5-18/h8-9,19H,1-7H2,(H,17,20). The molecule has 21 heavy (non-hydrogen) atoms. The highest BCUT2D eigenvalue weighted by Crippen LogP contribution is 2.30. The summed E-state index contributed by atoms with van der Waals surface area (Å²) in [5, 5.41) is 12.9. The Hall–Kier alpha value is -1.01. The maximum Gasteiger partial charge on any atom is 0.255 e. The van der Waals surface area contributed by atoms with Gasteiger partial charge in [-0.2, -0.15) is 0 Å². The highest BCUT2D eigenvalue weighted by molar-refractivity contribution is 6.36. The van der Waals surface area contributed by atoms with Crippen LogP contribution in [0, 0.1) is 0 Å². The molecule has 0 spiro atoms. The van der Waals surface area contributed by atoms with E-state index in [1.807, 2.05) is 0 Å². The molecule has 0 unspecified atom stereocenters. The fourth-order valence-electron chi connectivity index (χ4n) is 2.16. The fourth-order valence-corrected chi connectivity index (χ4v) is 2.66. The number of morpholine rings is 1. The van der Waals surface area contributed by atoms with Crippen LogP contribution in [0.5, 0.6) is 5.75 Å². The number of phenols is 1. The lowest BCUT2D eigenvalue weighted by atomic mass is 10.2. The number of ether oxygens (including phenoxy) is 1. The summed E-state index contributed by atoms with van der Waals surface area (Å²) < 4.78 is 5.27. The molecule has 2 rings (SSSR count). The number of amides is 1. The van der Waals surface area contributed by atoms with Crippen LogP contribution in [0.2, 0.25) is 10.0 Å². The molecular formula is C14H18Cl2N2O3. The average Bonchev–Trinajstić information content (AvgIpc) is 2.48. The van der Waals surface area contributed by atoms with Gasteiger partial charge >= 0.3 is 0 Å². The largest absolute Gasteiger partial charge is 0.506 e. The Balaban J connectivity index is 1.79. The third kappa shape index (κ3) is 4.74. The Labute approximate surface area is 133 Å². The fraction of sp³-hybridized carbons (Fsp3) is 0.500. The number of nitrogens with one attached hydrogen (secondary N) is 1. The molecule has 1 aliphatic rings. The van der Waals surface area contributed by atoms with E-state index >= 15 is 0 Å². The highest BCUT2D eigenvalue weighted by atomic mass is 35.5. The topological polar surface area (TPSA) is 61.8 Å². The maximum absolute atomic E-state index is 12.0. The minimum Gasteiger partial charge on any atom is -0.506 e. The molecule has 0 aliphatic carbocycles. The van der Waals surface area contributed by atoms with Gasteiger partial charge in [0.2, 0.25) is 0 Å². The van der Waals surface area contributed by atoms with Crippen molar-refractivity contribution in [3.05, 3.63) is 27.7 Å². The van der Waals surface area contributed by atoms with Gasteiger partial charge < -0.3 is 15.2 Å². The predicted molar refractivity (Wildman–Crippen MR) is 82.3 cm³/mol. The van der Waals surface area contributed by atoms with Gasteiger partial charge in [-0.15, -0.1) is 0 Å². The molecule has 116 valence electrons. The Morgan fingerprint density at radius 1 is 1.33 bits per heavy atom. The number of halogens is 2. The first-order chi connectivity index (χ1) is 10.1. The number of hydrogen-bond acceptors (Lipinski definition) is 4. The van der Waals surface area contributed by atoms with Crippen molar-refractivity contribution >= 4 is 29.1 Å². The first-order valence-corrected chi connectivity index (χ1v) is 7.60. The number of phenolic OH excluding ortho intramolecular Hbond substituents is 1. The van der Waals surface area contributed by atoms with Crippen LogP contribution in [0.15, 0.2) is 12.1 Å². The molecule has 0 bridgehead atoms. The third-order valence-electron chi connectivity index (χ3n) is 3.31. The molecule has 0 aromatic heterocycles. The number of carbonyl (C=O) groups excluding carboxylic acids is 1. The zero-order valence-corrected chi connectivity index (χ0v) is 13.1. The van der Waals surface area contributed by atoms with Crippen LogP contribution in [-0.4, -0.2) is 55.3 Å². The second kappa shape index (κ2) is 7.84. The lowest BCUT2D eigenvalue weighted by Crippen LogP contribution is -2.38. The summed E-state index contributed by atoms with van der Waals surface area (Å²) in [5.41, 5.74) is 0.0962. The normalized spacial score (nSPS) is 15.9. The van der Waals surface area contributed by atoms with Crippen LogP contribution in [0.1, 0.15) is 16.8 Å². The SMILES string of the molecule is O=C(NCCCN1CCOCC1)c1cc(Cl)cc(Cl)c1O. The van der Waals surface area contributed by atoms with E-state index in [1.54, 1.807) is 0 Å². The summed E-state index contributed by atoms with van der Waals surface area (Å²) in [6, 6.07) is 2.80. The first-order valence-electron chi connectivity index (χ1n) is 6.84. The first kappa shape index (κ1) is 16.4. The van der Waals surface area contributed by atoms with Crippen LogP contribution >= 0.6 is 23.2 Å². The quantitative estimate of drug-likeness (QED) is 0.811. The van der Waals surface area contributed by atoms with E-state index in [0.29, 0.717) is 11.6 Å². The Kier molecular flexibility index (Phi) is 6.11. The summed E-state index contributed by atoms with van der Waals surface area (Å²) in [5.74, 6) is -0.620. The van der Waals surface area contributed by atoms with Crippen LogP contribution < -0.4 is 5.32 Å². The summed E-state index contributed by atoms with van der Waals surface area (Å²) >= 11 is 11.6. The Morgan fingerprint density at radius 3 is 2.76 bits per heavy atom. The zero-order chi connectivity index (χ0) is 15.2. The van der Waals surface area contributed by atoms with Gasteiger partial charge in [0, 0.05) is 24.7 Å². The monoisotopic (exact) mass is 332 g/mol. The molecule has 0 radical (unpaired) electrons. The molecule has 1 aromatic carbocycles. The van der Waals surface area contributed by atoms with Gasteiger partial charge in [0.25, 0.3) is 5.91 Å². The molecule has 7 heteroatoms. The van der Waals surface area contributed by atoms with E-state index in [4.69, 9.17) is 27.9 Å². The molecule has 1 aliphatic heterocycles. The number of nitrogens with zero attached hydrogens (tertiary/aromatic N) is 1. The van der Waals surface area contributed by atoms with Gasteiger partial charge in [0.05, 0.1) is 23.8 Å².